The minimum Gasteiger partial charge on any atom is -0.504 e. The molecule has 0 bridgehead atoms. The predicted molar refractivity (Wildman–Crippen MR) is 126 cm³/mol. The van der Waals surface area contributed by atoms with Gasteiger partial charge in [-0.2, -0.15) is 0 Å². The van der Waals surface area contributed by atoms with Crippen LogP contribution in [0.5, 0.6) is 23.0 Å². The van der Waals surface area contributed by atoms with Crippen molar-refractivity contribution in [2.75, 3.05) is 20.0 Å². The fraction of sp³-hybridized carbons (Fsp3) is 0.208. The maximum absolute atomic E-state index is 12.1. The van der Waals surface area contributed by atoms with Crippen molar-refractivity contribution < 1.29 is 33.7 Å². The quantitative estimate of drug-likeness (QED) is 0.182. The van der Waals surface area contributed by atoms with Gasteiger partial charge >= 0.3 is 5.97 Å². The van der Waals surface area contributed by atoms with Crippen LogP contribution in [-0.2, 0) is 27.0 Å². The minimum atomic E-state index is -0.394. The zero-order valence-corrected chi connectivity index (χ0v) is 18.8. The molecule has 0 atom stereocenters. The van der Waals surface area contributed by atoms with Gasteiger partial charge in [-0.05, 0) is 60.2 Å². The fourth-order valence-corrected chi connectivity index (χ4v) is 2.82. The Hall–Kier alpha value is -3.52. The Morgan fingerprint density at radius 3 is 2.00 bits per heavy atom. The van der Waals surface area contributed by atoms with Crippen LogP contribution in [0.2, 0.25) is 0 Å². The van der Waals surface area contributed by atoms with Crippen molar-refractivity contribution in [3.8, 4) is 23.0 Å². The van der Waals surface area contributed by atoms with Gasteiger partial charge in [0.2, 0.25) is 0 Å². The molecule has 0 amide bonds. The largest absolute Gasteiger partial charge is 0.504 e. The first-order valence-electron chi connectivity index (χ1n) is 9.68. The molecule has 2 aromatic rings. The number of benzene rings is 2. The van der Waals surface area contributed by atoms with Gasteiger partial charge in [-0.3, -0.25) is 14.4 Å². The highest BCUT2D eigenvalue weighted by atomic mass is 32.1. The van der Waals surface area contributed by atoms with Gasteiger partial charge in [0.05, 0.1) is 27.1 Å². The molecule has 0 aliphatic carbocycles. The lowest BCUT2D eigenvalue weighted by molar-refractivity contribution is -0.134. The Morgan fingerprint density at radius 1 is 0.875 bits per heavy atom. The van der Waals surface area contributed by atoms with Crippen LogP contribution in [0.15, 0.2) is 48.6 Å². The van der Waals surface area contributed by atoms with Crippen molar-refractivity contribution in [1.82, 2.24) is 0 Å². The van der Waals surface area contributed by atoms with Crippen LogP contribution >= 0.6 is 0 Å². The monoisotopic (exact) mass is 457 g/mol. The fourth-order valence-electron chi connectivity index (χ4n) is 2.61. The van der Waals surface area contributed by atoms with Gasteiger partial charge in [-0.15, -0.1) is 0 Å². The summed E-state index contributed by atoms with van der Waals surface area (Å²) in [7, 11) is 2.88. The molecule has 0 radical (unpaired) electrons. The third kappa shape index (κ3) is 7.63. The molecule has 0 spiro atoms. The van der Waals surface area contributed by atoms with E-state index >= 15 is 0 Å². The lowest BCUT2D eigenvalue weighted by atomic mass is 10.1. The first-order chi connectivity index (χ1) is 15.4. The first kappa shape index (κ1) is 24.7. The zero-order chi connectivity index (χ0) is 23.5. The highest BCUT2D eigenvalue weighted by Crippen LogP contribution is 2.29. The van der Waals surface area contributed by atoms with Crippen LogP contribution in [0.4, 0.5) is 0 Å². The number of aromatic hydroxyl groups is 1. The average Bonchev–Trinajstić information content (AvgIpc) is 2.78. The van der Waals surface area contributed by atoms with Crippen molar-refractivity contribution in [2.45, 2.75) is 12.8 Å². The molecule has 0 saturated carbocycles. The smallest absolute Gasteiger partial charge is 0.316 e. The summed E-state index contributed by atoms with van der Waals surface area (Å²) < 4.78 is 15.5. The van der Waals surface area contributed by atoms with E-state index in [1.165, 1.54) is 32.4 Å². The number of allylic oxidation sites excluding steroid dienone is 2. The number of ether oxygens (including phenoxy) is 3. The molecule has 8 heteroatoms. The van der Waals surface area contributed by atoms with E-state index in [4.69, 9.17) is 14.2 Å². The second kappa shape index (κ2) is 12.4. The number of carbonyl (C=O) groups is 3. The number of hydrogen-bond donors (Lipinski definition) is 1. The van der Waals surface area contributed by atoms with Gasteiger partial charge in [0.15, 0.2) is 34.6 Å². The number of esters is 1. The summed E-state index contributed by atoms with van der Waals surface area (Å²) in [4.78, 5) is 35.8. The summed E-state index contributed by atoms with van der Waals surface area (Å²) in [5, 5.41) is 9.59. The molecule has 2 rings (SSSR count). The van der Waals surface area contributed by atoms with E-state index in [9.17, 15) is 19.5 Å². The van der Waals surface area contributed by atoms with Crippen LogP contribution < -0.4 is 14.2 Å². The molecular formula is C24H25O7S+. The Labute approximate surface area is 191 Å². The van der Waals surface area contributed by atoms with Gasteiger partial charge in [-0.1, -0.05) is 24.3 Å². The van der Waals surface area contributed by atoms with Gasteiger partial charge < -0.3 is 19.3 Å². The van der Waals surface area contributed by atoms with E-state index in [0.29, 0.717) is 22.6 Å². The van der Waals surface area contributed by atoms with Crippen molar-refractivity contribution in [3.05, 3.63) is 59.7 Å². The van der Waals surface area contributed by atoms with E-state index in [1.54, 1.807) is 42.5 Å². The Bertz CT molecular complexity index is 1040. The van der Waals surface area contributed by atoms with E-state index in [1.807, 2.05) is 0 Å². The topological polar surface area (TPSA) is 99.1 Å². The molecule has 7 nitrogen and oxygen atoms in total. The van der Waals surface area contributed by atoms with E-state index < -0.39 is 5.97 Å². The standard InChI is InChI=1S/C24H24O7S/c1-29-22-13-16(5-9-20(22)27)3-7-18(25)15-19(26)8-4-17-6-10-21(23(14-17)30-2)31-24(28)11-12-32/h3-10,13-14,27,32H,11-12,15H2,1-2H3/p+1/b7-3+,8-4+. The Kier molecular flexibility index (Phi) is 9.56. The van der Waals surface area contributed by atoms with Crippen LogP contribution in [-0.4, -0.2) is 42.6 Å². The molecule has 0 heterocycles. The van der Waals surface area contributed by atoms with Gasteiger partial charge in [-0.25, -0.2) is 0 Å². The second-order valence-electron chi connectivity index (χ2n) is 6.59. The maximum Gasteiger partial charge on any atom is 0.316 e. The van der Waals surface area contributed by atoms with E-state index in [-0.39, 0.29) is 41.7 Å². The van der Waals surface area contributed by atoms with Gasteiger partial charge in [0.25, 0.3) is 0 Å². The zero-order valence-electron chi connectivity index (χ0n) is 17.8. The van der Waals surface area contributed by atoms with Crippen LogP contribution in [0.1, 0.15) is 24.0 Å². The molecule has 0 aliphatic heterocycles. The second-order valence-corrected chi connectivity index (χ2v) is 7.09. The predicted octanol–water partition coefficient (Wildman–Crippen LogP) is 2.97. The van der Waals surface area contributed by atoms with Crippen molar-refractivity contribution in [2.24, 2.45) is 0 Å². The molecule has 0 fully saturated rings. The van der Waals surface area contributed by atoms with E-state index in [2.05, 4.69) is 12.6 Å². The number of ketones is 2. The average molecular weight is 458 g/mol. The van der Waals surface area contributed by atoms with Gasteiger partial charge in [0, 0.05) is 0 Å². The highest BCUT2D eigenvalue weighted by molar-refractivity contribution is 7.58. The molecule has 2 aromatic carbocycles. The number of carbonyl (C=O) groups excluding carboxylic acids is 3. The molecule has 1 N–H and O–H groups in total. The van der Waals surface area contributed by atoms with Crippen LogP contribution in [0.3, 0.4) is 0 Å². The van der Waals surface area contributed by atoms with E-state index in [0.717, 1.165) is 0 Å². The van der Waals surface area contributed by atoms with Crippen molar-refractivity contribution in [3.63, 3.8) is 0 Å². The van der Waals surface area contributed by atoms with Crippen LogP contribution in [0.25, 0.3) is 12.2 Å². The normalized spacial score (nSPS) is 11.0. The summed E-state index contributed by atoms with van der Waals surface area (Å²) in [5.41, 5.74) is 1.30. The molecule has 168 valence electrons. The summed E-state index contributed by atoms with van der Waals surface area (Å²) in [6.45, 7) is 0. The SMILES string of the molecule is COc1cc(/C=C/C(=O)CC(=O)/C=C/c2ccc(OC(=O)CC[SH2+])c(OC)c2)ccc1O. The molecule has 0 unspecified atom stereocenters. The molecule has 0 saturated heterocycles. The first-order valence-corrected chi connectivity index (χ1v) is 10.4. The molecule has 32 heavy (non-hydrogen) atoms. The lowest BCUT2D eigenvalue weighted by Crippen LogP contribution is -2.09. The highest BCUT2D eigenvalue weighted by Gasteiger charge is 2.11. The molecule has 0 aliphatic rings. The Balaban J connectivity index is 1.97. The third-order valence-electron chi connectivity index (χ3n) is 4.22. The number of rotatable bonds is 11. The molecule has 0 aromatic heterocycles. The van der Waals surface area contributed by atoms with Crippen molar-refractivity contribution >= 4 is 42.3 Å². The lowest BCUT2D eigenvalue weighted by Gasteiger charge is -2.09. The maximum atomic E-state index is 12.1. The summed E-state index contributed by atoms with van der Waals surface area (Å²) in [6.07, 6.45) is 5.63. The number of methoxy groups -OCH3 is 2. The Morgan fingerprint density at radius 2 is 1.44 bits per heavy atom. The summed E-state index contributed by atoms with van der Waals surface area (Å²) >= 11 is 3.22. The summed E-state index contributed by atoms with van der Waals surface area (Å²) in [5.74, 6) is 0.288. The summed E-state index contributed by atoms with van der Waals surface area (Å²) in [6, 6.07) is 9.53. The minimum absolute atomic E-state index is 0.00187. The number of phenolic OH excluding ortho intramolecular Hbond substituents is 1. The van der Waals surface area contributed by atoms with Crippen LogP contribution in [0, 0.1) is 0 Å². The van der Waals surface area contributed by atoms with Gasteiger partial charge in [0.1, 0.15) is 5.75 Å². The third-order valence-corrected chi connectivity index (χ3v) is 4.47. The van der Waals surface area contributed by atoms with Crippen molar-refractivity contribution in [1.29, 1.82) is 0 Å². The molecular weight excluding hydrogens is 432 g/mol. The number of hydrogen-bond acceptors (Lipinski definition) is 7. The number of phenols is 1.